The van der Waals surface area contributed by atoms with Crippen molar-refractivity contribution >= 4 is 34.3 Å². The van der Waals surface area contributed by atoms with Crippen LogP contribution in [0.25, 0.3) is 11.3 Å². The number of amides is 3. The molecule has 0 unspecified atom stereocenters. The summed E-state index contributed by atoms with van der Waals surface area (Å²) in [6.07, 6.45) is 0.648. The fourth-order valence-corrected chi connectivity index (χ4v) is 4.26. The number of benzene rings is 1. The van der Waals surface area contributed by atoms with Crippen LogP contribution < -0.4 is 16.0 Å². The van der Waals surface area contributed by atoms with Crippen LogP contribution in [0.4, 0.5) is 5.00 Å². The van der Waals surface area contributed by atoms with E-state index in [4.69, 9.17) is 4.74 Å². The van der Waals surface area contributed by atoms with Gasteiger partial charge >= 0.3 is 0 Å². The Morgan fingerprint density at radius 3 is 2.61 bits per heavy atom. The maximum atomic E-state index is 13.4. The molecule has 0 saturated carbocycles. The van der Waals surface area contributed by atoms with Crippen LogP contribution in [0.2, 0.25) is 0 Å². The Hall–Kier alpha value is -2.89. The molecule has 1 aromatic carbocycles. The molecule has 1 aromatic heterocycles. The highest BCUT2D eigenvalue weighted by Crippen LogP contribution is 2.30. The molecule has 0 bridgehead atoms. The number of carbonyl (C=O) groups excluding carboxylic acids is 3. The fraction of sp³-hybridized carbons (Fsp3) is 0.500. The van der Waals surface area contributed by atoms with E-state index in [2.05, 4.69) is 25.5 Å². The third-order valence-corrected chi connectivity index (χ3v) is 6.48. The van der Waals surface area contributed by atoms with Crippen molar-refractivity contribution in [3.8, 4) is 11.3 Å². The molecule has 1 aliphatic rings. The van der Waals surface area contributed by atoms with Crippen molar-refractivity contribution in [1.29, 1.82) is 0 Å². The van der Waals surface area contributed by atoms with Crippen LogP contribution in [0.3, 0.4) is 0 Å². The zero-order chi connectivity index (χ0) is 24.0. The minimum absolute atomic E-state index is 0.303. The summed E-state index contributed by atoms with van der Waals surface area (Å²) in [7, 11) is 3.15. The van der Waals surface area contributed by atoms with Gasteiger partial charge in [0.25, 0.3) is 0 Å². The molecule has 2 heterocycles. The average molecular weight is 475 g/mol. The molecule has 1 saturated heterocycles. The molecule has 10 nitrogen and oxygen atoms in total. The lowest BCUT2D eigenvalue weighted by molar-refractivity contribution is -0.143. The number of nitrogens with zero attached hydrogens (tertiary/aromatic N) is 3. The van der Waals surface area contributed by atoms with E-state index in [0.717, 1.165) is 17.1 Å². The maximum Gasteiger partial charge on any atom is 0.248 e. The lowest BCUT2D eigenvalue weighted by Crippen LogP contribution is -2.58. The minimum Gasteiger partial charge on any atom is -0.379 e. The minimum atomic E-state index is -0.906. The van der Waals surface area contributed by atoms with Gasteiger partial charge in [0.1, 0.15) is 22.8 Å². The van der Waals surface area contributed by atoms with Crippen molar-refractivity contribution < 1.29 is 19.1 Å². The number of hydrogen-bond donors (Lipinski definition) is 3. The quantitative estimate of drug-likeness (QED) is 0.500. The molecule has 3 rings (SSSR count). The van der Waals surface area contributed by atoms with Crippen LogP contribution in [0.15, 0.2) is 30.3 Å². The molecule has 2 aromatic rings. The van der Waals surface area contributed by atoms with Gasteiger partial charge in [0.15, 0.2) is 0 Å². The lowest BCUT2D eigenvalue weighted by atomic mass is 10.1. The molecule has 0 aliphatic carbocycles. The molecule has 1 fully saturated rings. The van der Waals surface area contributed by atoms with Gasteiger partial charge in [-0.2, -0.15) is 0 Å². The molecule has 33 heavy (non-hydrogen) atoms. The summed E-state index contributed by atoms with van der Waals surface area (Å²) in [5.74, 6) is -0.963. The van der Waals surface area contributed by atoms with Crippen molar-refractivity contribution in [1.82, 2.24) is 25.1 Å². The standard InChI is InChI=1S/C22H30N6O4S/c1-13(23-3)19(29)24-17(14(2)32-4)22(31)28-12-8-11-16(28)20(30)25-21-18(26-27-33-21)15-9-6-5-7-10-15/h5-7,9-10,13-14,16-17,23H,8,11-12H2,1-4H3,(H,24,29)(H,25,30)/t13-,14-,16-,17-/m0/s1. The van der Waals surface area contributed by atoms with Gasteiger partial charge in [-0.25, -0.2) is 0 Å². The van der Waals surface area contributed by atoms with Crippen LogP contribution in [0.1, 0.15) is 26.7 Å². The number of likely N-dealkylation sites (N-methyl/N-ethyl adjacent to an activating group) is 1. The lowest BCUT2D eigenvalue weighted by Gasteiger charge is -2.31. The first-order valence-electron chi connectivity index (χ1n) is 10.9. The van der Waals surface area contributed by atoms with Crippen molar-refractivity contribution in [2.24, 2.45) is 0 Å². The number of anilines is 1. The molecule has 0 spiro atoms. The molecule has 178 valence electrons. The number of likely N-dealkylation sites (tertiary alicyclic amines) is 1. The van der Waals surface area contributed by atoms with E-state index >= 15 is 0 Å². The number of carbonyl (C=O) groups is 3. The molecule has 4 atom stereocenters. The zero-order valence-electron chi connectivity index (χ0n) is 19.2. The van der Waals surface area contributed by atoms with Crippen molar-refractivity contribution in [3.05, 3.63) is 30.3 Å². The first-order chi connectivity index (χ1) is 15.9. The SMILES string of the molecule is CN[C@@H](C)C(=O)N[C@H](C(=O)N1CCC[C@H]1C(=O)Nc1snnc1-c1ccccc1)[C@H](C)OC. The molecule has 0 radical (unpaired) electrons. The van der Waals surface area contributed by atoms with Crippen LogP contribution in [-0.4, -0.2) is 77.1 Å². The Kier molecular flexibility index (Phi) is 8.48. The van der Waals surface area contributed by atoms with Crippen molar-refractivity contribution in [3.63, 3.8) is 0 Å². The number of hydrogen-bond acceptors (Lipinski definition) is 8. The Labute approximate surface area is 197 Å². The summed E-state index contributed by atoms with van der Waals surface area (Å²) >= 11 is 1.09. The monoisotopic (exact) mass is 474 g/mol. The van der Waals surface area contributed by atoms with Crippen molar-refractivity contribution in [2.45, 2.75) is 50.9 Å². The largest absolute Gasteiger partial charge is 0.379 e. The summed E-state index contributed by atoms with van der Waals surface area (Å²) < 4.78 is 9.33. The van der Waals surface area contributed by atoms with E-state index in [9.17, 15) is 14.4 Å². The Balaban J connectivity index is 1.75. The van der Waals surface area contributed by atoms with E-state index in [-0.39, 0.29) is 17.7 Å². The maximum absolute atomic E-state index is 13.4. The van der Waals surface area contributed by atoms with Gasteiger partial charge in [-0.15, -0.1) is 5.10 Å². The van der Waals surface area contributed by atoms with Crippen LogP contribution in [0.5, 0.6) is 0 Å². The highest BCUT2D eigenvalue weighted by Gasteiger charge is 2.40. The molecular formula is C22H30N6O4S. The second-order valence-corrected chi connectivity index (χ2v) is 8.69. The number of ether oxygens (including phenoxy) is 1. The summed E-state index contributed by atoms with van der Waals surface area (Å²) in [6.45, 7) is 3.84. The van der Waals surface area contributed by atoms with E-state index < -0.39 is 24.2 Å². The van der Waals surface area contributed by atoms with Gasteiger partial charge in [0.05, 0.1) is 12.1 Å². The smallest absolute Gasteiger partial charge is 0.248 e. The summed E-state index contributed by atoms with van der Waals surface area (Å²) in [5.41, 5.74) is 1.43. The molecule has 1 aliphatic heterocycles. The van der Waals surface area contributed by atoms with Gasteiger partial charge in [-0.3, -0.25) is 14.4 Å². The van der Waals surface area contributed by atoms with Gasteiger partial charge in [-0.1, -0.05) is 34.8 Å². The van der Waals surface area contributed by atoms with Crippen LogP contribution in [-0.2, 0) is 19.1 Å². The fourth-order valence-electron chi connectivity index (χ4n) is 3.66. The number of rotatable bonds is 9. The Bertz CT molecular complexity index is 969. The predicted molar refractivity (Wildman–Crippen MR) is 126 cm³/mol. The molecule has 3 amide bonds. The second kappa shape index (κ2) is 11.3. The third kappa shape index (κ3) is 5.73. The number of methoxy groups -OCH3 is 1. The Morgan fingerprint density at radius 1 is 1.21 bits per heavy atom. The number of nitrogens with one attached hydrogen (secondary N) is 3. The van der Waals surface area contributed by atoms with Crippen LogP contribution in [0, 0.1) is 0 Å². The second-order valence-electron chi connectivity index (χ2n) is 7.93. The van der Waals surface area contributed by atoms with Gasteiger partial charge < -0.3 is 25.6 Å². The van der Waals surface area contributed by atoms with Gasteiger partial charge in [0, 0.05) is 30.8 Å². The van der Waals surface area contributed by atoms with Crippen molar-refractivity contribution in [2.75, 3.05) is 26.0 Å². The first kappa shape index (κ1) is 24.7. The van der Waals surface area contributed by atoms with E-state index in [1.54, 1.807) is 20.9 Å². The topological polar surface area (TPSA) is 126 Å². The summed E-state index contributed by atoms with van der Waals surface area (Å²) in [5, 5.41) is 13.2. The molecule has 11 heteroatoms. The van der Waals surface area contributed by atoms with Gasteiger partial charge in [-0.05, 0) is 33.7 Å². The molecule has 3 N–H and O–H groups in total. The summed E-state index contributed by atoms with van der Waals surface area (Å²) in [4.78, 5) is 40.5. The predicted octanol–water partition coefficient (Wildman–Crippen LogP) is 1.26. The molecular weight excluding hydrogens is 444 g/mol. The van der Waals surface area contributed by atoms with E-state index in [1.807, 2.05) is 30.3 Å². The highest BCUT2D eigenvalue weighted by molar-refractivity contribution is 7.10. The first-order valence-corrected chi connectivity index (χ1v) is 11.6. The van der Waals surface area contributed by atoms with E-state index in [1.165, 1.54) is 12.0 Å². The Morgan fingerprint density at radius 2 is 1.94 bits per heavy atom. The number of aromatic nitrogens is 2. The summed E-state index contributed by atoms with van der Waals surface area (Å²) in [6, 6.07) is 7.42. The third-order valence-electron chi connectivity index (χ3n) is 5.84. The zero-order valence-corrected chi connectivity index (χ0v) is 20.0. The average Bonchev–Trinajstić information content (AvgIpc) is 3.51. The van der Waals surface area contributed by atoms with Gasteiger partial charge in [0.2, 0.25) is 17.7 Å². The highest BCUT2D eigenvalue weighted by atomic mass is 32.1. The van der Waals surface area contributed by atoms with E-state index in [0.29, 0.717) is 30.1 Å². The van der Waals surface area contributed by atoms with Crippen LogP contribution >= 0.6 is 11.5 Å². The normalized spacial score (nSPS) is 18.4.